The Kier molecular flexibility index (Phi) is 5.55. The molecule has 0 spiro atoms. The number of hydrogen-bond donors (Lipinski definition) is 2. The first kappa shape index (κ1) is 16.0. The standard InChI is InChI=1S/C16H15BrN2O3/c1-11(14-4-2-3-5-15(14)20)18-19-16(21)10-22-13-8-6-12(17)7-9-13/h2-9,20H,10H2,1H3,(H,19,21)/b18-11+. The first-order valence-corrected chi connectivity index (χ1v) is 7.35. The monoisotopic (exact) mass is 362 g/mol. The Labute approximate surface area is 136 Å². The second-order valence-corrected chi connectivity index (χ2v) is 5.41. The molecule has 0 heterocycles. The van der Waals surface area contributed by atoms with Crippen molar-refractivity contribution in [2.45, 2.75) is 6.92 Å². The summed E-state index contributed by atoms with van der Waals surface area (Å²) in [5.74, 6) is 0.335. The van der Waals surface area contributed by atoms with E-state index < -0.39 is 0 Å². The summed E-state index contributed by atoms with van der Waals surface area (Å²) in [6.45, 7) is 1.56. The summed E-state index contributed by atoms with van der Waals surface area (Å²) in [7, 11) is 0. The zero-order valence-electron chi connectivity index (χ0n) is 11.9. The molecule has 2 rings (SSSR count). The SMILES string of the molecule is C/C(=N\NC(=O)COc1ccc(Br)cc1)c1ccccc1O. The van der Waals surface area contributed by atoms with Gasteiger partial charge >= 0.3 is 0 Å². The number of hydrogen-bond acceptors (Lipinski definition) is 4. The molecule has 6 heteroatoms. The summed E-state index contributed by atoms with van der Waals surface area (Å²) in [6, 6.07) is 14.0. The molecular weight excluding hydrogens is 348 g/mol. The molecule has 114 valence electrons. The topological polar surface area (TPSA) is 70.9 Å². The first-order valence-electron chi connectivity index (χ1n) is 6.56. The van der Waals surface area contributed by atoms with Crippen molar-refractivity contribution >= 4 is 27.5 Å². The highest BCUT2D eigenvalue weighted by Gasteiger charge is 2.05. The van der Waals surface area contributed by atoms with Gasteiger partial charge in [-0.3, -0.25) is 4.79 Å². The molecule has 2 aromatic carbocycles. The molecule has 0 aromatic heterocycles. The van der Waals surface area contributed by atoms with Crippen LogP contribution in [0.1, 0.15) is 12.5 Å². The van der Waals surface area contributed by atoms with Gasteiger partial charge in [-0.2, -0.15) is 5.10 Å². The van der Waals surface area contributed by atoms with Crippen LogP contribution in [0.4, 0.5) is 0 Å². The van der Waals surface area contributed by atoms with Gasteiger partial charge in [0.2, 0.25) is 0 Å². The van der Waals surface area contributed by atoms with Gasteiger partial charge in [0.25, 0.3) is 5.91 Å². The van der Waals surface area contributed by atoms with E-state index in [0.29, 0.717) is 17.0 Å². The van der Waals surface area contributed by atoms with Gasteiger partial charge in [0.15, 0.2) is 6.61 Å². The van der Waals surface area contributed by atoms with Crippen molar-refractivity contribution in [3.63, 3.8) is 0 Å². The van der Waals surface area contributed by atoms with Crippen LogP contribution in [0.25, 0.3) is 0 Å². The third kappa shape index (κ3) is 4.60. The molecule has 0 bridgehead atoms. The number of phenols is 1. The van der Waals surface area contributed by atoms with Gasteiger partial charge in [0.05, 0.1) is 5.71 Å². The number of ether oxygens (including phenoxy) is 1. The average Bonchev–Trinajstić information content (AvgIpc) is 2.52. The van der Waals surface area contributed by atoms with Crippen molar-refractivity contribution in [2.75, 3.05) is 6.61 Å². The van der Waals surface area contributed by atoms with Crippen LogP contribution in [0.3, 0.4) is 0 Å². The smallest absolute Gasteiger partial charge is 0.277 e. The molecule has 0 atom stereocenters. The number of para-hydroxylation sites is 1. The fourth-order valence-corrected chi connectivity index (χ4v) is 1.96. The van der Waals surface area contributed by atoms with E-state index in [1.165, 1.54) is 0 Å². The highest BCUT2D eigenvalue weighted by atomic mass is 79.9. The van der Waals surface area contributed by atoms with Crippen LogP contribution in [0.5, 0.6) is 11.5 Å². The summed E-state index contributed by atoms with van der Waals surface area (Å²) >= 11 is 3.32. The normalized spacial score (nSPS) is 11.1. The third-order valence-corrected chi connectivity index (χ3v) is 3.35. The van der Waals surface area contributed by atoms with Crippen LogP contribution >= 0.6 is 15.9 Å². The Morgan fingerprint density at radius 1 is 1.23 bits per heavy atom. The van der Waals surface area contributed by atoms with Crippen molar-refractivity contribution < 1.29 is 14.6 Å². The summed E-state index contributed by atoms with van der Waals surface area (Å²) in [6.07, 6.45) is 0. The molecule has 0 aliphatic heterocycles. The molecule has 0 fully saturated rings. The van der Waals surface area contributed by atoms with E-state index in [9.17, 15) is 9.90 Å². The summed E-state index contributed by atoms with van der Waals surface area (Å²) in [4.78, 5) is 11.7. The Morgan fingerprint density at radius 2 is 1.91 bits per heavy atom. The fraction of sp³-hybridized carbons (Fsp3) is 0.125. The number of aromatic hydroxyl groups is 1. The number of carbonyl (C=O) groups excluding carboxylic acids is 1. The minimum atomic E-state index is -0.377. The predicted molar refractivity (Wildman–Crippen MR) is 88.1 cm³/mol. The molecule has 0 radical (unpaired) electrons. The highest BCUT2D eigenvalue weighted by Crippen LogP contribution is 2.17. The zero-order valence-corrected chi connectivity index (χ0v) is 13.5. The third-order valence-electron chi connectivity index (χ3n) is 2.83. The second kappa shape index (κ2) is 7.61. The van der Waals surface area contributed by atoms with Crippen LogP contribution in [0, 0.1) is 0 Å². The summed E-state index contributed by atoms with van der Waals surface area (Å²) in [5.41, 5.74) is 3.47. The van der Waals surface area contributed by atoms with Gasteiger partial charge in [-0.15, -0.1) is 0 Å². The number of benzene rings is 2. The maximum absolute atomic E-state index is 11.7. The van der Waals surface area contributed by atoms with Crippen molar-refractivity contribution in [1.29, 1.82) is 0 Å². The molecule has 22 heavy (non-hydrogen) atoms. The Hall–Kier alpha value is -2.34. The number of rotatable bonds is 5. The molecule has 2 N–H and O–H groups in total. The van der Waals surface area contributed by atoms with Crippen LogP contribution in [-0.4, -0.2) is 23.3 Å². The Bertz CT molecular complexity index is 684. The van der Waals surface area contributed by atoms with Gasteiger partial charge in [-0.05, 0) is 43.3 Å². The van der Waals surface area contributed by atoms with Crippen LogP contribution in [-0.2, 0) is 4.79 Å². The van der Waals surface area contributed by atoms with Crippen LogP contribution in [0.2, 0.25) is 0 Å². The summed E-state index contributed by atoms with van der Waals surface area (Å²) < 4.78 is 6.27. The number of carbonyl (C=O) groups is 1. The second-order valence-electron chi connectivity index (χ2n) is 4.49. The number of amides is 1. The largest absolute Gasteiger partial charge is 0.507 e. The van der Waals surface area contributed by atoms with Gasteiger partial charge in [0.1, 0.15) is 11.5 Å². The van der Waals surface area contributed by atoms with Gasteiger partial charge in [-0.1, -0.05) is 28.1 Å². The van der Waals surface area contributed by atoms with E-state index >= 15 is 0 Å². The number of halogens is 1. The Morgan fingerprint density at radius 3 is 2.59 bits per heavy atom. The molecule has 0 aliphatic carbocycles. The van der Waals surface area contributed by atoms with E-state index in [1.54, 1.807) is 43.3 Å². The minimum absolute atomic E-state index is 0.115. The lowest BCUT2D eigenvalue weighted by atomic mass is 10.1. The van der Waals surface area contributed by atoms with Gasteiger partial charge in [0, 0.05) is 10.0 Å². The maximum atomic E-state index is 11.7. The van der Waals surface area contributed by atoms with Crippen molar-refractivity contribution in [2.24, 2.45) is 5.10 Å². The van der Waals surface area contributed by atoms with E-state index in [-0.39, 0.29) is 18.3 Å². The van der Waals surface area contributed by atoms with Gasteiger partial charge < -0.3 is 9.84 Å². The summed E-state index contributed by atoms with van der Waals surface area (Å²) in [5, 5.41) is 13.6. The molecule has 0 saturated heterocycles. The molecule has 2 aromatic rings. The lowest BCUT2D eigenvalue weighted by molar-refractivity contribution is -0.123. The lowest BCUT2D eigenvalue weighted by Crippen LogP contribution is -2.25. The highest BCUT2D eigenvalue weighted by molar-refractivity contribution is 9.10. The number of nitrogens with one attached hydrogen (secondary N) is 1. The lowest BCUT2D eigenvalue weighted by Gasteiger charge is -2.06. The molecule has 0 aliphatic rings. The zero-order chi connectivity index (χ0) is 15.9. The minimum Gasteiger partial charge on any atom is -0.507 e. The number of nitrogens with zero attached hydrogens (tertiary/aromatic N) is 1. The molecular formula is C16H15BrN2O3. The average molecular weight is 363 g/mol. The molecule has 0 saturated carbocycles. The van der Waals surface area contributed by atoms with E-state index in [1.807, 2.05) is 12.1 Å². The molecule has 0 unspecified atom stereocenters. The molecule has 1 amide bonds. The van der Waals surface area contributed by atoms with Crippen molar-refractivity contribution in [3.8, 4) is 11.5 Å². The quantitative estimate of drug-likeness (QED) is 0.634. The van der Waals surface area contributed by atoms with Crippen LogP contribution in [0.15, 0.2) is 58.1 Å². The van der Waals surface area contributed by atoms with Gasteiger partial charge in [-0.25, -0.2) is 5.43 Å². The molecule has 5 nitrogen and oxygen atoms in total. The predicted octanol–water partition coefficient (Wildman–Crippen LogP) is 3.07. The number of phenolic OH excluding ortho intramolecular Hbond substituents is 1. The van der Waals surface area contributed by atoms with Crippen molar-refractivity contribution in [3.05, 3.63) is 58.6 Å². The fourth-order valence-electron chi connectivity index (χ4n) is 1.70. The maximum Gasteiger partial charge on any atom is 0.277 e. The Balaban J connectivity index is 1.88. The van der Waals surface area contributed by atoms with E-state index in [4.69, 9.17) is 4.74 Å². The number of hydrazone groups is 1. The van der Waals surface area contributed by atoms with E-state index in [2.05, 4.69) is 26.5 Å². The van der Waals surface area contributed by atoms with Crippen molar-refractivity contribution in [1.82, 2.24) is 5.43 Å². The van der Waals surface area contributed by atoms with Crippen LogP contribution < -0.4 is 10.2 Å². The first-order chi connectivity index (χ1) is 10.6. The van der Waals surface area contributed by atoms with E-state index in [0.717, 1.165) is 4.47 Å².